The van der Waals surface area contributed by atoms with Crippen LogP contribution in [0.2, 0.25) is 13.1 Å². The highest BCUT2D eigenvalue weighted by molar-refractivity contribution is 7.02. The summed E-state index contributed by atoms with van der Waals surface area (Å²) in [5.41, 5.74) is 7.05. The highest BCUT2D eigenvalue weighted by atomic mass is 28.3. The Hall–Kier alpha value is -2.12. The molecule has 0 saturated heterocycles. The topological polar surface area (TPSA) is 0 Å². The Balaban J connectivity index is 2.24. The number of aryl methyl sites for hydroxylation is 1. The Bertz CT molecular complexity index is 875. The van der Waals surface area contributed by atoms with Crippen LogP contribution in [0, 0.1) is 6.92 Å². The zero-order valence-corrected chi connectivity index (χ0v) is 14.4. The van der Waals surface area contributed by atoms with Gasteiger partial charge in [0.1, 0.15) is 8.07 Å². The predicted molar refractivity (Wildman–Crippen MR) is 98.8 cm³/mol. The van der Waals surface area contributed by atoms with Gasteiger partial charge in [-0.05, 0) is 39.6 Å². The zero-order valence-electron chi connectivity index (χ0n) is 13.4. The molecule has 0 aromatic heterocycles. The van der Waals surface area contributed by atoms with Crippen molar-refractivity contribution in [2.24, 2.45) is 0 Å². The van der Waals surface area contributed by atoms with E-state index in [2.05, 4.69) is 86.7 Å². The van der Waals surface area contributed by atoms with Crippen molar-refractivity contribution in [3.63, 3.8) is 0 Å². The molecule has 0 spiro atoms. The average Bonchev–Trinajstić information content (AvgIpc) is 2.62. The molecule has 0 saturated carbocycles. The lowest BCUT2D eigenvalue weighted by Gasteiger charge is -2.27. The Kier molecular flexibility index (Phi) is 2.88. The molecule has 0 N–H and O–H groups in total. The third-order valence-corrected chi connectivity index (χ3v) is 8.70. The highest BCUT2D eigenvalue weighted by Crippen LogP contribution is 2.35. The molecule has 4 rings (SSSR count). The third kappa shape index (κ3) is 1.75. The minimum Gasteiger partial charge on any atom is -0.0623 e. The summed E-state index contributed by atoms with van der Waals surface area (Å²) in [6.07, 6.45) is 0. The molecular formula is C21H20Si. The molecule has 1 aliphatic heterocycles. The number of fused-ring (bicyclic) bond motifs is 5. The van der Waals surface area contributed by atoms with Crippen LogP contribution >= 0.6 is 0 Å². The fourth-order valence-electron chi connectivity index (χ4n) is 4.07. The number of hydrogen-bond donors (Lipinski definition) is 0. The van der Waals surface area contributed by atoms with Gasteiger partial charge in [0.05, 0.1) is 0 Å². The Morgan fingerprint density at radius 2 is 1.14 bits per heavy atom. The van der Waals surface area contributed by atoms with Crippen LogP contribution in [0.15, 0.2) is 66.7 Å². The van der Waals surface area contributed by atoms with E-state index >= 15 is 0 Å². The Morgan fingerprint density at radius 3 is 1.86 bits per heavy atom. The van der Waals surface area contributed by atoms with Crippen LogP contribution in [-0.4, -0.2) is 8.07 Å². The number of rotatable bonds is 0. The monoisotopic (exact) mass is 300 g/mol. The first kappa shape index (κ1) is 13.5. The molecule has 3 aromatic carbocycles. The maximum Gasteiger partial charge on any atom is 0.114 e. The first-order valence-corrected chi connectivity index (χ1v) is 10.9. The number of benzene rings is 3. The molecule has 1 heterocycles. The molecule has 0 nitrogen and oxygen atoms in total. The molecule has 0 fully saturated rings. The SMILES string of the molecule is Cc1cccc2c1[Si](C)(C)c1ccccc1-c1ccccc1-2. The molecule has 108 valence electrons. The summed E-state index contributed by atoms with van der Waals surface area (Å²) < 4.78 is 0. The van der Waals surface area contributed by atoms with Crippen LogP contribution in [-0.2, 0) is 0 Å². The average molecular weight is 300 g/mol. The van der Waals surface area contributed by atoms with Crippen LogP contribution in [0.25, 0.3) is 22.3 Å². The molecule has 0 bridgehead atoms. The van der Waals surface area contributed by atoms with E-state index in [9.17, 15) is 0 Å². The highest BCUT2D eigenvalue weighted by Gasteiger charge is 2.35. The predicted octanol–water partition coefficient (Wildman–Crippen LogP) is 4.47. The summed E-state index contributed by atoms with van der Waals surface area (Å²) >= 11 is 0. The van der Waals surface area contributed by atoms with E-state index in [1.165, 1.54) is 27.8 Å². The summed E-state index contributed by atoms with van der Waals surface area (Å²) in [6, 6.07) is 24.7. The van der Waals surface area contributed by atoms with Gasteiger partial charge in [0.15, 0.2) is 0 Å². The van der Waals surface area contributed by atoms with Gasteiger partial charge in [-0.1, -0.05) is 85.4 Å². The first-order chi connectivity index (χ1) is 10.6. The van der Waals surface area contributed by atoms with Crippen LogP contribution in [0.1, 0.15) is 5.56 Å². The van der Waals surface area contributed by atoms with Gasteiger partial charge < -0.3 is 0 Å². The minimum atomic E-state index is -1.72. The molecule has 0 amide bonds. The van der Waals surface area contributed by atoms with Crippen molar-refractivity contribution in [3.05, 3.63) is 72.3 Å². The van der Waals surface area contributed by atoms with Crippen molar-refractivity contribution in [2.45, 2.75) is 20.0 Å². The van der Waals surface area contributed by atoms with Gasteiger partial charge in [-0.15, -0.1) is 0 Å². The second-order valence-electron chi connectivity index (χ2n) is 6.71. The maximum atomic E-state index is 2.49. The van der Waals surface area contributed by atoms with Crippen LogP contribution < -0.4 is 10.4 Å². The molecule has 0 radical (unpaired) electrons. The molecule has 1 aliphatic rings. The summed E-state index contributed by atoms with van der Waals surface area (Å²) in [5, 5.41) is 3.14. The second kappa shape index (κ2) is 4.69. The maximum absolute atomic E-state index is 2.49. The van der Waals surface area contributed by atoms with Gasteiger partial charge in [0.2, 0.25) is 0 Å². The normalized spacial score (nSPS) is 14.5. The van der Waals surface area contributed by atoms with Crippen LogP contribution in [0.5, 0.6) is 0 Å². The fraction of sp³-hybridized carbons (Fsp3) is 0.143. The van der Waals surface area contributed by atoms with E-state index in [0.29, 0.717) is 0 Å². The summed E-state index contributed by atoms with van der Waals surface area (Å²) in [4.78, 5) is 0. The molecule has 0 unspecified atom stereocenters. The van der Waals surface area contributed by atoms with Crippen LogP contribution in [0.3, 0.4) is 0 Å². The smallest absolute Gasteiger partial charge is 0.0623 e. The standard InChI is InChI=1S/C21H20Si/c1-15-9-8-13-19-17-11-5-4-10-16(17)18-12-6-7-14-20(18)22(2,3)21(15)19/h4-14H,1-3H3. The lowest BCUT2D eigenvalue weighted by atomic mass is 9.94. The van der Waals surface area contributed by atoms with Crippen molar-refractivity contribution < 1.29 is 0 Å². The molecule has 0 aliphatic carbocycles. The van der Waals surface area contributed by atoms with Gasteiger partial charge in [0, 0.05) is 0 Å². The molecule has 3 aromatic rings. The van der Waals surface area contributed by atoms with Crippen molar-refractivity contribution >= 4 is 18.4 Å². The van der Waals surface area contributed by atoms with Gasteiger partial charge in [-0.2, -0.15) is 0 Å². The largest absolute Gasteiger partial charge is 0.114 e. The van der Waals surface area contributed by atoms with E-state index in [1.807, 2.05) is 0 Å². The minimum absolute atomic E-state index is 1.38. The van der Waals surface area contributed by atoms with Gasteiger partial charge in [0.25, 0.3) is 0 Å². The Morgan fingerprint density at radius 1 is 0.591 bits per heavy atom. The lowest BCUT2D eigenvalue weighted by molar-refractivity contribution is 1.49. The van der Waals surface area contributed by atoms with E-state index in [-0.39, 0.29) is 0 Å². The van der Waals surface area contributed by atoms with Gasteiger partial charge in [-0.25, -0.2) is 0 Å². The summed E-state index contributed by atoms with van der Waals surface area (Å²) in [6.45, 7) is 7.25. The Labute approximate surface area is 133 Å². The van der Waals surface area contributed by atoms with Crippen molar-refractivity contribution in [3.8, 4) is 22.3 Å². The molecule has 0 atom stereocenters. The van der Waals surface area contributed by atoms with Gasteiger partial charge >= 0.3 is 0 Å². The van der Waals surface area contributed by atoms with E-state index < -0.39 is 8.07 Å². The van der Waals surface area contributed by atoms with Crippen molar-refractivity contribution in [1.82, 2.24) is 0 Å². The van der Waals surface area contributed by atoms with Crippen molar-refractivity contribution in [2.75, 3.05) is 0 Å². The lowest BCUT2D eigenvalue weighted by Crippen LogP contribution is -2.54. The second-order valence-corrected chi connectivity index (χ2v) is 11.0. The first-order valence-electron chi connectivity index (χ1n) is 7.90. The van der Waals surface area contributed by atoms with Crippen molar-refractivity contribution in [1.29, 1.82) is 0 Å². The van der Waals surface area contributed by atoms with E-state index in [4.69, 9.17) is 0 Å². The summed E-state index contributed by atoms with van der Waals surface area (Å²) in [5.74, 6) is 0. The quantitative estimate of drug-likeness (QED) is 0.538. The van der Waals surface area contributed by atoms with Crippen LogP contribution in [0.4, 0.5) is 0 Å². The molecular weight excluding hydrogens is 280 g/mol. The van der Waals surface area contributed by atoms with E-state index in [0.717, 1.165) is 0 Å². The molecule has 22 heavy (non-hydrogen) atoms. The summed E-state index contributed by atoms with van der Waals surface area (Å²) in [7, 11) is -1.72. The van der Waals surface area contributed by atoms with Gasteiger partial charge in [-0.3, -0.25) is 0 Å². The third-order valence-electron chi connectivity index (χ3n) is 5.01. The fourth-order valence-corrected chi connectivity index (χ4v) is 7.71. The number of hydrogen-bond acceptors (Lipinski definition) is 0. The van der Waals surface area contributed by atoms with E-state index in [1.54, 1.807) is 10.4 Å². The molecule has 1 heteroatoms. The zero-order chi connectivity index (χ0) is 15.3.